The average Bonchev–Trinajstić information content (AvgIpc) is 3.15. The van der Waals surface area contributed by atoms with Crippen LogP contribution in [0, 0.1) is 6.92 Å². The van der Waals surface area contributed by atoms with Crippen LogP contribution in [-0.2, 0) is 9.59 Å². The Labute approximate surface area is 175 Å². The van der Waals surface area contributed by atoms with Gasteiger partial charge in [-0.3, -0.25) is 14.9 Å². The fourth-order valence-electron chi connectivity index (χ4n) is 3.08. The van der Waals surface area contributed by atoms with Gasteiger partial charge in [-0.25, -0.2) is 9.69 Å². The van der Waals surface area contributed by atoms with E-state index in [0.29, 0.717) is 11.4 Å². The van der Waals surface area contributed by atoms with Gasteiger partial charge in [-0.05, 0) is 61.5 Å². The molecule has 0 spiro atoms. The van der Waals surface area contributed by atoms with Crippen LogP contribution in [0.25, 0.3) is 11.8 Å². The largest absolute Gasteiger partial charge is 0.335 e. The molecular weight excluding hydrogens is 434 g/mol. The first kappa shape index (κ1) is 18.9. The summed E-state index contributed by atoms with van der Waals surface area (Å²) in [7, 11) is 0. The quantitative estimate of drug-likeness (QED) is 0.480. The number of halogens is 1. The molecule has 1 aliphatic heterocycles. The monoisotopic (exact) mass is 449 g/mol. The van der Waals surface area contributed by atoms with Gasteiger partial charge in [0.1, 0.15) is 5.57 Å². The summed E-state index contributed by atoms with van der Waals surface area (Å²) in [5.74, 6) is -1.39. The standard InChI is InChI=1S/C22H16BrN3O3/c1-14-4-8-16(9-5-14)25-12-2-3-18(25)13-19-20(27)24-22(29)26(21(19)28)17-10-6-15(23)7-11-17/h2-13H,1H3,(H,24,27,29)/b19-13+. The number of urea groups is 1. The second kappa shape index (κ2) is 7.52. The summed E-state index contributed by atoms with van der Waals surface area (Å²) in [5.41, 5.74) is 2.95. The SMILES string of the molecule is Cc1ccc(-n2cccc2/C=C2\C(=O)NC(=O)N(c3ccc(Br)cc3)C2=O)cc1. The summed E-state index contributed by atoms with van der Waals surface area (Å²) < 4.78 is 2.68. The first-order valence-corrected chi connectivity index (χ1v) is 9.65. The van der Waals surface area contributed by atoms with E-state index in [4.69, 9.17) is 0 Å². The van der Waals surface area contributed by atoms with Gasteiger partial charge in [-0.2, -0.15) is 0 Å². The predicted octanol–water partition coefficient (Wildman–Crippen LogP) is 4.21. The van der Waals surface area contributed by atoms with E-state index < -0.39 is 17.8 Å². The van der Waals surface area contributed by atoms with Gasteiger partial charge in [0, 0.05) is 22.1 Å². The van der Waals surface area contributed by atoms with E-state index in [-0.39, 0.29) is 5.57 Å². The van der Waals surface area contributed by atoms with Crippen molar-refractivity contribution in [1.82, 2.24) is 9.88 Å². The first-order chi connectivity index (χ1) is 13.9. The molecule has 0 unspecified atom stereocenters. The van der Waals surface area contributed by atoms with Gasteiger partial charge >= 0.3 is 6.03 Å². The minimum Gasteiger partial charge on any atom is -0.317 e. The number of imide groups is 2. The molecule has 29 heavy (non-hydrogen) atoms. The van der Waals surface area contributed by atoms with Crippen molar-refractivity contribution >= 4 is 45.5 Å². The summed E-state index contributed by atoms with van der Waals surface area (Å²) in [5, 5.41) is 2.24. The van der Waals surface area contributed by atoms with Crippen molar-refractivity contribution in [3.05, 3.63) is 88.2 Å². The average molecular weight is 450 g/mol. The van der Waals surface area contributed by atoms with Gasteiger partial charge in [0.15, 0.2) is 0 Å². The Kier molecular flexibility index (Phi) is 4.90. The number of benzene rings is 2. The minimum atomic E-state index is -0.770. The lowest BCUT2D eigenvalue weighted by Crippen LogP contribution is -2.54. The zero-order valence-electron chi connectivity index (χ0n) is 15.4. The summed E-state index contributed by atoms with van der Waals surface area (Å²) in [4.78, 5) is 38.7. The summed E-state index contributed by atoms with van der Waals surface area (Å²) in [6.45, 7) is 2.00. The molecular formula is C22H16BrN3O3. The molecule has 1 N–H and O–H groups in total. The second-order valence-corrected chi connectivity index (χ2v) is 7.49. The first-order valence-electron chi connectivity index (χ1n) is 8.85. The lowest BCUT2D eigenvalue weighted by atomic mass is 10.1. The lowest BCUT2D eigenvalue weighted by molar-refractivity contribution is -0.122. The van der Waals surface area contributed by atoms with Crippen molar-refractivity contribution in [2.75, 3.05) is 4.90 Å². The molecule has 0 bridgehead atoms. The maximum Gasteiger partial charge on any atom is 0.335 e. The molecule has 2 heterocycles. The third-order valence-electron chi connectivity index (χ3n) is 4.57. The van der Waals surface area contributed by atoms with Crippen LogP contribution in [0.4, 0.5) is 10.5 Å². The minimum absolute atomic E-state index is 0.111. The van der Waals surface area contributed by atoms with Crippen LogP contribution in [0.5, 0.6) is 0 Å². The molecule has 0 saturated carbocycles. The third kappa shape index (κ3) is 3.64. The van der Waals surface area contributed by atoms with Crippen LogP contribution in [0.15, 0.2) is 76.9 Å². The Balaban J connectivity index is 1.73. The molecule has 0 radical (unpaired) electrons. The number of barbiturate groups is 1. The van der Waals surface area contributed by atoms with Crippen LogP contribution in [0.1, 0.15) is 11.3 Å². The molecule has 0 atom stereocenters. The fraction of sp³-hybridized carbons (Fsp3) is 0.0455. The number of hydrogen-bond donors (Lipinski definition) is 1. The van der Waals surface area contributed by atoms with Crippen molar-refractivity contribution in [2.24, 2.45) is 0 Å². The van der Waals surface area contributed by atoms with E-state index >= 15 is 0 Å². The Morgan fingerprint density at radius 3 is 2.24 bits per heavy atom. The van der Waals surface area contributed by atoms with Crippen LogP contribution >= 0.6 is 15.9 Å². The summed E-state index contributed by atoms with van der Waals surface area (Å²) >= 11 is 3.32. The number of anilines is 1. The number of carbonyl (C=O) groups is 3. The molecule has 0 aliphatic carbocycles. The number of nitrogens with zero attached hydrogens (tertiary/aromatic N) is 2. The number of aromatic nitrogens is 1. The number of nitrogens with one attached hydrogen (secondary N) is 1. The number of rotatable bonds is 3. The van der Waals surface area contributed by atoms with Gasteiger partial charge < -0.3 is 4.57 Å². The second-order valence-electron chi connectivity index (χ2n) is 6.57. The van der Waals surface area contributed by atoms with E-state index in [1.807, 2.05) is 48.0 Å². The van der Waals surface area contributed by atoms with Gasteiger partial charge in [0.2, 0.25) is 0 Å². The predicted molar refractivity (Wildman–Crippen MR) is 114 cm³/mol. The van der Waals surface area contributed by atoms with Crippen LogP contribution < -0.4 is 10.2 Å². The van der Waals surface area contributed by atoms with Crippen molar-refractivity contribution in [3.63, 3.8) is 0 Å². The zero-order chi connectivity index (χ0) is 20.5. The van der Waals surface area contributed by atoms with Crippen LogP contribution in [0.3, 0.4) is 0 Å². The topological polar surface area (TPSA) is 71.4 Å². The van der Waals surface area contributed by atoms with Crippen LogP contribution in [-0.4, -0.2) is 22.4 Å². The smallest absolute Gasteiger partial charge is 0.317 e. The molecule has 1 saturated heterocycles. The molecule has 1 fully saturated rings. The Morgan fingerprint density at radius 2 is 1.55 bits per heavy atom. The molecule has 144 valence electrons. The Morgan fingerprint density at radius 1 is 0.897 bits per heavy atom. The maximum atomic E-state index is 13.0. The van der Waals surface area contributed by atoms with E-state index in [1.54, 1.807) is 30.3 Å². The number of hydrogen-bond acceptors (Lipinski definition) is 3. The summed E-state index contributed by atoms with van der Waals surface area (Å²) in [6.07, 6.45) is 3.34. The highest BCUT2D eigenvalue weighted by atomic mass is 79.9. The molecule has 7 heteroatoms. The van der Waals surface area contributed by atoms with Gasteiger partial charge in [-0.15, -0.1) is 0 Å². The highest BCUT2D eigenvalue weighted by Crippen LogP contribution is 2.24. The molecule has 1 aromatic heterocycles. The van der Waals surface area contributed by atoms with Crippen molar-refractivity contribution in [1.29, 1.82) is 0 Å². The van der Waals surface area contributed by atoms with E-state index in [0.717, 1.165) is 20.6 Å². The lowest BCUT2D eigenvalue weighted by Gasteiger charge is -2.26. The molecule has 3 aromatic rings. The molecule has 4 amide bonds. The van der Waals surface area contributed by atoms with Crippen molar-refractivity contribution < 1.29 is 14.4 Å². The van der Waals surface area contributed by atoms with E-state index in [1.165, 1.54) is 6.08 Å². The Hall–Kier alpha value is -3.45. The molecule has 1 aliphatic rings. The highest BCUT2D eigenvalue weighted by molar-refractivity contribution is 9.10. The van der Waals surface area contributed by atoms with Crippen molar-refractivity contribution in [2.45, 2.75) is 6.92 Å². The highest BCUT2D eigenvalue weighted by Gasteiger charge is 2.36. The third-order valence-corrected chi connectivity index (χ3v) is 5.10. The van der Waals surface area contributed by atoms with Crippen molar-refractivity contribution in [3.8, 4) is 5.69 Å². The van der Waals surface area contributed by atoms with Crippen LogP contribution in [0.2, 0.25) is 0 Å². The molecule has 4 rings (SSSR count). The molecule has 6 nitrogen and oxygen atoms in total. The maximum absolute atomic E-state index is 13.0. The normalized spacial score (nSPS) is 15.7. The van der Waals surface area contributed by atoms with Gasteiger partial charge in [-0.1, -0.05) is 33.6 Å². The number of amides is 4. The number of aryl methyl sites for hydroxylation is 1. The molecule has 2 aromatic carbocycles. The summed E-state index contributed by atoms with van der Waals surface area (Å²) in [6, 6.07) is 17.4. The van der Waals surface area contributed by atoms with E-state index in [9.17, 15) is 14.4 Å². The Bertz CT molecular complexity index is 1140. The van der Waals surface area contributed by atoms with Gasteiger partial charge in [0.25, 0.3) is 11.8 Å². The number of carbonyl (C=O) groups excluding carboxylic acids is 3. The zero-order valence-corrected chi connectivity index (χ0v) is 17.0. The van der Waals surface area contributed by atoms with E-state index in [2.05, 4.69) is 21.2 Å². The fourth-order valence-corrected chi connectivity index (χ4v) is 3.35. The van der Waals surface area contributed by atoms with Gasteiger partial charge in [0.05, 0.1) is 5.69 Å².